The summed E-state index contributed by atoms with van der Waals surface area (Å²) in [5.74, 6) is -0.801. The Morgan fingerprint density at radius 3 is 2.64 bits per heavy atom. The van der Waals surface area contributed by atoms with Crippen molar-refractivity contribution in [2.45, 2.75) is 18.9 Å². The van der Waals surface area contributed by atoms with Crippen molar-refractivity contribution in [1.82, 2.24) is 15.2 Å². The molecule has 1 unspecified atom stereocenters. The predicted octanol–water partition coefficient (Wildman–Crippen LogP) is 4.32. The van der Waals surface area contributed by atoms with Crippen molar-refractivity contribution in [3.63, 3.8) is 0 Å². The zero-order chi connectivity index (χ0) is 23.8. The second-order valence-corrected chi connectivity index (χ2v) is 8.52. The average molecular weight is 471 g/mol. The van der Waals surface area contributed by atoms with Gasteiger partial charge >= 0.3 is 6.03 Å². The first-order chi connectivity index (χ1) is 15.8. The van der Waals surface area contributed by atoms with Crippen LogP contribution in [0.5, 0.6) is 0 Å². The molecule has 10 heteroatoms. The van der Waals surface area contributed by atoms with Crippen LogP contribution in [0.25, 0.3) is 0 Å². The van der Waals surface area contributed by atoms with Crippen LogP contribution in [-0.2, 0) is 0 Å². The van der Waals surface area contributed by atoms with Crippen LogP contribution in [0.1, 0.15) is 34.9 Å². The van der Waals surface area contributed by atoms with Gasteiger partial charge in [-0.1, -0.05) is 12.1 Å². The van der Waals surface area contributed by atoms with Gasteiger partial charge < -0.3 is 26.6 Å². The van der Waals surface area contributed by atoms with Crippen molar-refractivity contribution in [3.8, 4) is 0 Å². The summed E-state index contributed by atoms with van der Waals surface area (Å²) in [6, 6.07) is 8.27. The molecule has 0 aliphatic heterocycles. The Morgan fingerprint density at radius 1 is 1.18 bits per heavy atom. The quantitative estimate of drug-likeness (QED) is 0.372. The number of carbonyl (C=O) groups is 2. The molecule has 0 saturated heterocycles. The smallest absolute Gasteiger partial charge is 0.319 e. The third-order valence-electron chi connectivity index (χ3n) is 4.85. The van der Waals surface area contributed by atoms with Crippen LogP contribution in [0.3, 0.4) is 0 Å². The largest absolute Gasteiger partial charge is 0.396 e. The minimum atomic E-state index is -0.454. The van der Waals surface area contributed by atoms with Gasteiger partial charge in [-0.15, -0.1) is 11.3 Å². The summed E-state index contributed by atoms with van der Waals surface area (Å²) < 4.78 is 13.4. The number of aromatic nitrogens is 1. The summed E-state index contributed by atoms with van der Waals surface area (Å²) in [7, 11) is 3.96. The third kappa shape index (κ3) is 7.26. The highest BCUT2D eigenvalue weighted by atomic mass is 32.1. The number of thiophene rings is 1. The Balaban J connectivity index is 1.69. The zero-order valence-corrected chi connectivity index (χ0v) is 19.3. The minimum Gasteiger partial charge on any atom is -0.396 e. The van der Waals surface area contributed by atoms with Crippen molar-refractivity contribution in [1.29, 1.82) is 0 Å². The van der Waals surface area contributed by atoms with E-state index >= 15 is 0 Å². The second kappa shape index (κ2) is 11.4. The van der Waals surface area contributed by atoms with E-state index < -0.39 is 11.8 Å². The van der Waals surface area contributed by atoms with E-state index in [0.29, 0.717) is 23.5 Å². The summed E-state index contributed by atoms with van der Waals surface area (Å²) in [6.45, 7) is 0.847. The van der Waals surface area contributed by atoms with Crippen LogP contribution in [-0.4, -0.2) is 42.5 Å². The maximum atomic E-state index is 13.4. The first-order valence-corrected chi connectivity index (χ1v) is 11.3. The lowest BCUT2D eigenvalue weighted by Crippen LogP contribution is -2.33. The van der Waals surface area contributed by atoms with Crippen LogP contribution in [0.15, 0.2) is 53.4 Å². The van der Waals surface area contributed by atoms with Gasteiger partial charge in [-0.3, -0.25) is 9.78 Å². The fraction of sp³-hybridized carbons (Fsp3) is 0.261. The van der Waals surface area contributed by atoms with Gasteiger partial charge in [-0.25, -0.2) is 9.18 Å². The molecule has 3 aromatic rings. The molecule has 0 bridgehead atoms. The fourth-order valence-corrected chi connectivity index (χ4v) is 3.84. The molecule has 174 valence electrons. The lowest BCUT2D eigenvalue weighted by atomic mass is 10.0. The van der Waals surface area contributed by atoms with Crippen LogP contribution < -0.4 is 21.7 Å². The first kappa shape index (κ1) is 24.1. The van der Waals surface area contributed by atoms with E-state index in [2.05, 4.69) is 25.8 Å². The number of nitrogen functional groups attached to an aromatic ring is 1. The molecular weight excluding hydrogens is 443 g/mol. The Labute approximate surface area is 196 Å². The number of carbonyl (C=O) groups excluding carboxylic acids is 2. The SMILES string of the molecule is CN(C)CCCC(NC(=O)Nc1cccc(F)c1)c1ccc(C(=O)Nc2cscc2N)nc1. The van der Waals surface area contributed by atoms with Crippen LogP contribution >= 0.6 is 11.3 Å². The van der Waals surface area contributed by atoms with E-state index in [0.717, 1.165) is 18.5 Å². The highest BCUT2D eigenvalue weighted by Gasteiger charge is 2.17. The highest BCUT2D eigenvalue weighted by molar-refractivity contribution is 7.09. The first-order valence-electron chi connectivity index (χ1n) is 10.4. The molecular formula is C23H27FN6O2S. The van der Waals surface area contributed by atoms with Crippen LogP contribution in [0.4, 0.5) is 26.2 Å². The van der Waals surface area contributed by atoms with Gasteiger partial charge in [0.15, 0.2) is 0 Å². The van der Waals surface area contributed by atoms with E-state index in [1.165, 1.54) is 29.5 Å². The molecule has 2 heterocycles. The molecule has 2 aromatic heterocycles. The minimum absolute atomic E-state index is 0.237. The summed E-state index contributed by atoms with van der Waals surface area (Å²) >= 11 is 1.40. The van der Waals surface area contributed by atoms with Crippen LogP contribution in [0.2, 0.25) is 0 Å². The Hall–Kier alpha value is -3.50. The van der Waals surface area contributed by atoms with Crippen molar-refractivity contribution >= 4 is 40.3 Å². The van der Waals surface area contributed by atoms with Gasteiger partial charge in [0.25, 0.3) is 5.91 Å². The van der Waals surface area contributed by atoms with E-state index in [-0.39, 0.29) is 17.6 Å². The highest BCUT2D eigenvalue weighted by Crippen LogP contribution is 2.24. The Kier molecular flexibility index (Phi) is 8.34. The second-order valence-electron chi connectivity index (χ2n) is 7.78. The van der Waals surface area contributed by atoms with Gasteiger partial charge in [-0.05, 0) is 63.3 Å². The standard InChI is InChI=1S/C23H27FN6O2S/c1-30(2)10-4-7-19(29-23(32)27-17-6-3-5-16(24)11-17)15-8-9-20(26-12-15)22(31)28-21-14-33-13-18(21)25/h3,5-6,8-9,11-14,19H,4,7,10,25H2,1-2H3,(H,28,31)(H2,27,29,32). The number of halogens is 1. The average Bonchev–Trinajstić information content (AvgIpc) is 3.17. The molecule has 5 N–H and O–H groups in total. The number of urea groups is 1. The van der Waals surface area contributed by atoms with Gasteiger partial charge in [-0.2, -0.15) is 0 Å². The lowest BCUT2D eigenvalue weighted by Gasteiger charge is -2.20. The van der Waals surface area contributed by atoms with E-state index in [4.69, 9.17) is 5.73 Å². The number of hydrogen-bond acceptors (Lipinski definition) is 6. The summed E-state index contributed by atoms with van der Waals surface area (Å²) in [4.78, 5) is 31.3. The monoisotopic (exact) mass is 470 g/mol. The van der Waals surface area contributed by atoms with E-state index in [1.54, 1.807) is 35.2 Å². The number of hydrogen-bond donors (Lipinski definition) is 4. The van der Waals surface area contributed by atoms with Crippen molar-refractivity contribution in [3.05, 3.63) is 70.4 Å². The van der Waals surface area contributed by atoms with Crippen molar-refractivity contribution in [2.24, 2.45) is 0 Å². The number of nitrogens with two attached hydrogens (primary N) is 1. The van der Waals surface area contributed by atoms with Gasteiger partial charge in [0.2, 0.25) is 0 Å². The number of nitrogens with one attached hydrogen (secondary N) is 3. The summed E-state index contributed by atoms with van der Waals surface area (Å²) in [5, 5.41) is 11.8. The molecule has 1 aromatic carbocycles. The molecule has 0 spiro atoms. The fourth-order valence-electron chi connectivity index (χ4n) is 3.17. The number of rotatable bonds is 9. The topological polar surface area (TPSA) is 112 Å². The van der Waals surface area contributed by atoms with Gasteiger partial charge in [0.1, 0.15) is 11.5 Å². The molecule has 3 rings (SSSR count). The maximum Gasteiger partial charge on any atom is 0.319 e. The molecule has 0 aliphatic rings. The van der Waals surface area contributed by atoms with Crippen molar-refractivity contribution < 1.29 is 14.0 Å². The maximum absolute atomic E-state index is 13.4. The Morgan fingerprint density at radius 2 is 2.00 bits per heavy atom. The molecule has 33 heavy (non-hydrogen) atoms. The zero-order valence-electron chi connectivity index (χ0n) is 18.5. The molecule has 0 radical (unpaired) electrons. The predicted molar refractivity (Wildman–Crippen MR) is 130 cm³/mol. The molecule has 0 fully saturated rings. The van der Waals surface area contributed by atoms with Gasteiger partial charge in [0, 0.05) is 22.6 Å². The lowest BCUT2D eigenvalue weighted by molar-refractivity contribution is 0.102. The summed E-state index contributed by atoms with van der Waals surface area (Å²) in [6.07, 6.45) is 3.07. The normalized spacial score (nSPS) is 11.8. The number of benzene rings is 1. The Bertz CT molecular complexity index is 1090. The molecule has 0 aliphatic carbocycles. The van der Waals surface area contributed by atoms with E-state index in [1.807, 2.05) is 14.1 Å². The molecule has 3 amide bonds. The number of amides is 3. The number of pyridine rings is 1. The van der Waals surface area contributed by atoms with E-state index in [9.17, 15) is 14.0 Å². The third-order valence-corrected chi connectivity index (χ3v) is 5.61. The van der Waals surface area contributed by atoms with Crippen molar-refractivity contribution in [2.75, 3.05) is 37.0 Å². The summed E-state index contributed by atoms with van der Waals surface area (Å²) in [5.41, 5.74) is 8.22. The molecule has 1 atom stereocenters. The van der Waals surface area contributed by atoms with Crippen LogP contribution in [0, 0.1) is 5.82 Å². The number of nitrogens with zero attached hydrogens (tertiary/aromatic N) is 2. The molecule has 8 nitrogen and oxygen atoms in total. The number of anilines is 3. The molecule has 0 saturated carbocycles. The van der Waals surface area contributed by atoms with Gasteiger partial charge in [0.05, 0.1) is 17.4 Å².